The molecule has 28 heavy (non-hydrogen) atoms. The van der Waals surface area contributed by atoms with Crippen LogP contribution in [0.3, 0.4) is 0 Å². The molecular formula is C22H25FN2O3. The second kappa shape index (κ2) is 8.37. The van der Waals surface area contributed by atoms with Gasteiger partial charge in [0.15, 0.2) is 0 Å². The summed E-state index contributed by atoms with van der Waals surface area (Å²) in [7, 11) is 0. The molecule has 0 N–H and O–H groups in total. The summed E-state index contributed by atoms with van der Waals surface area (Å²) in [6, 6.07) is 10.2. The topological polar surface area (TPSA) is 51.7 Å². The monoisotopic (exact) mass is 384 g/mol. The number of hydrogen-bond acceptors (Lipinski definition) is 4. The van der Waals surface area contributed by atoms with Gasteiger partial charge in [-0.05, 0) is 54.7 Å². The van der Waals surface area contributed by atoms with E-state index in [0.29, 0.717) is 45.8 Å². The minimum Gasteiger partial charge on any atom is -0.381 e. The first kappa shape index (κ1) is 19.0. The number of halogens is 1. The van der Waals surface area contributed by atoms with Crippen LogP contribution in [0.4, 0.5) is 4.39 Å². The summed E-state index contributed by atoms with van der Waals surface area (Å²) in [6.45, 7) is 2.88. The summed E-state index contributed by atoms with van der Waals surface area (Å²) in [6.07, 6.45) is 5.60. The van der Waals surface area contributed by atoms with Crippen molar-refractivity contribution in [1.29, 1.82) is 0 Å². The molecule has 2 aliphatic rings. The molecule has 0 radical (unpaired) electrons. The van der Waals surface area contributed by atoms with Crippen molar-refractivity contribution < 1.29 is 18.7 Å². The third kappa shape index (κ3) is 3.93. The molecule has 4 rings (SSSR count). The SMILES string of the molecule is O=C(N1CCC(OCc2ccncc2)C1)C1(c2ccc(F)cc2)CCOCC1. The number of hydrogen-bond donors (Lipinski definition) is 0. The molecule has 0 aliphatic carbocycles. The van der Waals surface area contributed by atoms with Crippen molar-refractivity contribution in [3.05, 3.63) is 65.7 Å². The van der Waals surface area contributed by atoms with E-state index in [9.17, 15) is 9.18 Å². The minimum absolute atomic E-state index is 0.0298. The first-order chi connectivity index (χ1) is 13.7. The van der Waals surface area contributed by atoms with E-state index in [0.717, 1.165) is 17.5 Å². The van der Waals surface area contributed by atoms with Crippen LogP contribution in [-0.2, 0) is 26.3 Å². The second-order valence-corrected chi connectivity index (χ2v) is 7.53. The Hall–Kier alpha value is -2.31. The van der Waals surface area contributed by atoms with Gasteiger partial charge in [-0.2, -0.15) is 0 Å². The van der Waals surface area contributed by atoms with Crippen LogP contribution in [0.15, 0.2) is 48.8 Å². The Balaban J connectivity index is 1.45. The fourth-order valence-electron chi connectivity index (χ4n) is 4.16. The molecule has 148 valence electrons. The number of carbonyl (C=O) groups excluding carboxylic acids is 1. The lowest BCUT2D eigenvalue weighted by molar-refractivity contribution is -0.140. The second-order valence-electron chi connectivity index (χ2n) is 7.53. The third-order valence-corrected chi connectivity index (χ3v) is 5.82. The van der Waals surface area contributed by atoms with Crippen molar-refractivity contribution in [2.24, 2.45) is 0 Å². The van der Waals surface area contributed by atoms with E-state index < -0.39 is 5.41 Å². The predicted molar refractivity (Wildman–Crippen MR) is 102 cm³/mol. The molecule has 1 atom stereocenters. The highest BCUT2D eigenvalue weighted by Gasteiger charge is 2.45. The molecule has 0 spiro atoms. The van der Waals surface area contributed by atoms with Crippen LogP contribution in [0.2, 0.25) is 0 Å². The van der Waals surface area contributed by atoms with Crippen molar-refractivity contribution in [3.8, 4) is 0 Å². The average Bonchev–Trinajstić information content (AvgIpc) is 3.22. The Labute approximate surface area is 164 Å². The highest BCUT2D eigenvalue weighted by molar-refractivity contribution is 5.88. The number of rotatable bonds is 5. The van der Waals surface area contributed by atoms with Gasteiger partial charge in [0.1, 0.15) is 5.82 Å². The molecule has 1 aromatic carbocycles. The van der Waals surface area contributed by atoms with Crippen LogP contribution in [0, 0.1) is 5.82 Å². The summed E-state index contributed by atoms with van der Waals surface area (Å²) in [5.74, 6) is -0.179. The highest BCUT2D eigenvalue weighted by Crippen LogP contribution is 2.38. The van der Waals surface area contributed by atoms with Gasteiger partial charge in [-0.15, -0.1) is 0 Å². The lowest BCUT2D eigenvalue weighted by Gasteiger charge is -2.39. The number of amides is 1. The number of pyridine rings is 1. The number of nitrogens with zero attached hydrogens (tertiary/aromatic N) is 2. The number of aromatic nitrogens is 1. The van der Waals surface area contributed by atoms with Crippen LogP contribution in [0.5, 0.6) is 0 Å². The fraction of sp³-hybridized carbons (Fsp3) is 0.455. The molecule has 3 heterocycles. The Morgan fingerprint density at radius 2 is 1.89 bits per heavy atom. The van der Waals surface area contributed by atoms with Gasteiger partial charge in [0, 0.05) is 38.7 Å². The van der Waals surface area contributed by atoms with Crippen molar-refractivity contribution in [2.75, 3.05) is 26.3 Å². The van der Waals surface area contributed by atoms with E-state index in [-0.39, 0.29) is 17.8 Å². The van der Waals surface area contributed by atoms with E-state index in [4.69, 9.17) is 9.47 Å². The number of carbonyl (C=O) groups is 1. The first-order valence-corrected chi connectivity index (χ1v) is 9.81. The molecule has 0 bridgehead atoms. The van der Waals surface area contributed by atoms with Crippen LogP contribution in [-0.4, -0.2) is 48.2 Å². The van der Waals surface area contributed by atoms with E-state index in [2.05, 4.69) is 4.98 Å². The molecular weight excluding hydrogens is 359 g/mol. The van der Waals surface area contributed by atoms with Crippen LogP contribution in [0.1, 0.15) is 30.4 Å². The van der Waals surface area contributed by atoms with Crippen LogP contribution < -0.4 is 0 Å². The van der Waals surface area contributed by atoms with Gasteiger partial charge in [-0.1, -0.05) is 12.1 Å². The Morgan fingerprint density at radius 3 is 2.61 bits per heavy atom. The Kier molecular flexibility index (Phi) is 5.69. The molecule has 1 unspecified atom stereocenters. The standard InChI is InChI=1S/C22H25FN2O3/c23-19-3-1-18(2-4-19)22(8-13-27-14-9-22)21(26)25-12-7-20(15-25)28-16-17-5-10-24-11-6-17/h1-6,10-11,20H,7-9,12-16H2. The molecule has 2 aromatic rings. The Bertz CT molecular complexity index is 791. The summed E-state index contributed by atoms with van der Waals surface area (Å²) in [5.41, 5.74) is 1.32. The maximum absolute atomic E-state index is 13.5. The predicted octanol–water partition coefficient (Wildman–Crippen LogP) is 3.09. The molecule has 6 heteroatoms. The number of benzene rings is 1. The van der Waals surface area contributed by atoms with E-state index in [1.165, 1.54) is 12.1 Å². The minimum atomic E-state index is -0.633. The van der Waals surface area contributed by atoms with E-state index >= 15 is 0 Å². The zero-order valence-corrected chi connectivity index (χ0v) is 15.9. The van der Waals surface area contributed by atoms with Gasteiger partial charge >= 0.3 is 0 Å². The molecule has 1 amide bonds. The number of likely N-dealkylation sites (tertiary alicyclic amines) is 1. The third-order valence-electron chi connectivity index (χ3n) is 5.82. The van der Waals surface area contributed by atoms with Gasteiger partial charge < -0.3 is 14.4 Å². The van der Waals surface area contributed by atoms with Crippen molar-refractivity contribution in [3.63, 3.8) is 0 Å². The fourth-order valence-corrected chi connectivity index (χ4v) is 4.16. The van der Waals surface area contributed by atoms with Crippen LogP contribution in [0.25, 0.3) is 0 Å². The maximum Gasteiger partial charge on any atom is 0.233 e. The van der Waals surface area contributed by atoms with E-state index in [1.54, 1.807) is 24.5 Å². The summed E-state index contributed by atoms with van der Waals surface area (Å²) in [5, 5.41) is 0. The summed E-state index contributed by atoms with van der Waals surface area (Å²) < 4.78 is 24.9. The van der Waals surface area contributed by atoms with Gasteiger partial charge in [0.2, 0.25) is 5.91 Å². The van der Waals surface area contributed by atoms with Gasteiger partial charge in [0.05, 0.1) is 18.1 Å². The molecule has 2 saturated heterocycles. The lowest BCUT2D eigenvalue weighted by atomic mass is 9.73. The first-order valence-electron chi connectivity index (χ1n) is 9.81. The molecule has 1 aromatic heterocycles. The van der Waals surface area contributed by atoms with Gasteiger partial charge in [0.25, 0.3) is 0 Å². The summed E-state index contributed by atoms with van der Waals surface area (Å²) >= 11 is 0. The Morgan fingerprint density at radius 1 is 1.18 bits per heavy atom. The van der Waals surface area contributed by atoms with Gasteiger partial charge in [-0.25, -0.2) is 4.39 Å². The molecule has 2 aliphatic heterocycles. The number of ether oxygens (including phenoxy) is 2. The van der Waals surface area contributed by atoms with Crippen molar-refractivity contribution in [1.82, 2.24) is 9.88 Å². The maximum atomic E-state index is 13.5. The smallest absolute Gasteiger partial charge is 0.233 e. The zero-order valence-electron chi connectivity index (χ0n) is 15.9. The quantitative estimate of drug-likeness (QED) is 0.795. The average molecular weight is 384 g/mol. The van der Waals surface area contributed by atoms with Crippen molar-refractivity contribution in [2.45, 2.75) is 37.4 Å². The highest BCUT2D eigenvalue weighted by atomic mass is 19.1. The largest absolute Gasteiger partial charge is 0.381 e. The van der Waals surface area contributed by atoms with Crippen molar-refractivity contribution >= 4 is 5.91 Å². The normalized spacial score (nSPS) is 21.6. The molecule has 0 saturated carbocycles. The molecule has 5 nitrogen and oxygen atoms in total. The van der Waals surface area contributed by atoms with E-state index in [1.807, 2.05) is 17.0 Å². The lowest BCUT2D eigenvalue weighted by Crippen LogP contribution is -2.49. The zero-order chi connectivity index (χ0) is 19.4. The van der Waals surface area contributed by atoms with Gasteiger partial charge in [-0.3, -0.25) is 9.78 Å². The van der Waals surface area contributed by atoms with Crippen LogP contribution >= 0.6 is 0 Å². The summed E-state index contributed by atoms with van der Waals surface area (Å²) in [4.78, 5) is 19.5. The molecule has 2 fully saturated rings.